The van der Waals surface area contributed by atoms with Gasteiger partial charge in [0.05, 0.1) is 24.3 Å². The fourth-order valence-electron chi connectivity index (χ4n) is 3.17. The summed E-state index contributed by atoms with van der Waals surface area (Å²) in [4.78, 5) is 26.9. The second-order valence-electron chi connectivity index (χ2n) is 7.12. The third-order valence-electron chi connectivity index (χ3n) is 4.86. The molecule has 0 spiro atoms. The lowest BCUT2D eigenvalue weighted by atomic mass is 10.2. The zero-order valence-corrected chi connectivity index (χ0v) is 18.2. The van der Waals surface area contributed by atoms with Crippen LogP contribution in [0.5, 0.6) is 0 Å². The summed E-state index contributed by atoms with van der Waals surface area (Å²) in [5.74, 6) is -0.996. The number of aryl methyl sites for hydroxylation is 1. The number of nitrogens with zero attached hydrogens (tertiary/aromatic N) is 3. The smallest absolute Gasteiger partial charge is 0.259 e. The van der Waals surface area contributed by atoms with Gasteiger partial charge >= 0.3 is 0 Å². The SMILES string of the molecule is CCN(CC(=O)NCc1ccc(F)cc1)C(=O)c1c(C)nn(Cc2ccccc2)c1Cl. The Morgan fingerprint density at radius 2 is 1.77 bits per heavy atom. The van der Waals surface area contributed by atoms with Gasteiger partial charge in [0.15, 0.2) is 0 Å². The number of amides is 2. The number of rotatable bonds is 8. The normalized spacial score (nSPS) is 10.7. The Bertz CT molecular complexity index is 1050. The van der Waals surface area contributed by atoms with Crippen molar-refractivity contribution in [1.29, 1.82) is 0 Å². The van der Waals surface area contributed by atoms with Crippen LogP contribution < -0.4 is 5.32 Å². The van der Waals surface area contributed by atoms with Crippen LogP contribution in [0.1, 0.15) is 34.1 Å². The number of aromatic nitrogens is 2. The Morgan fingerprint density at radius 1 is 1.10 bits per heavy atom. The summed E-state index contributed by atoms with van der Waals surface area (Å²) in [6, 6.07) is 15.6. The van der Waals surface area contributed by atoms with Crippen molar-refractivity contribution in [3.8, 4) is 0 Å². The lowest BCUT2D eigenvalue weighted by Crippen LogP contribution is -2.40. The molecule has 1 N–H and O–H groups in total. The number of likely N-dealkylation sites (N-methyl/N-ethyl adjacent to an activating group) is 1. The lowest BCUT2D eigenvalue weighted by molar-refractivity contribution is -0.121. The number of nitrogens with one attached hydrogen (secondary N) is 1. The number of benzene rings is 2. The van der Waals surface area contributed by atoms with E-state index >= 15 is 0 Å². The van der Waals surface area contributed by atoms with E-state index in [-0.39, 0.29) is 35.9 Å². The van der Waals surface area contributed by atoms with E-state index in [0.29, 0.717) is 24.3 Å². The van der Waals surface area contributed by atoms with Crippen LogP contribution in [0.15, 0.2) is 54.6 Å². The van der Waals surface area contributed by atoms with Gasteiger partial charge in [-0.15, -0.1) is 0 Å². The van der Waals surface area contributed by atoms with Crippen LogP contribution in [0.3, 0.4) is 0 Å². The standard InChI is InChI=1S/C23H24ClFN4O2/c1-3-28(15-20(30)26-13-17-9-11-19(25)12-10-17)23(31)21-16(2)27-29(22(21)24)14-18-7-5-4-6-8-18/h4-12H,3,13-15H2,1-2H3,(H,26,30). The maximum Gasteiger partial charge on any atom is 0.259 e. The summed E-state index contributed by atoms with van der Waals surface area (Å²) in [5, 5.41) is 7.41. The van der Waals surface area contributed by atoms with Gasteiger partial charge in [0.1, 0.15) is 11.0 Å². The summed E-state index contributed by atoms with van der Waals surface area (Å²) in [6.45, 7) is 4.43. The molecule has 6 nitrogen and oxygen atoms in total. The highest BCUT2D eigenvalue weighted by molar-refractivity contribution is 6.33. The second-order valence-corrected chi connectivity index (χ2v) is 7.48. The van der Waals surface area contributed by atoms with Crippen LogP contribution in [-0.4, -0.2) is 39.6 Å². The molecule has 0 aliphatic carbocycles. The van der Waals surface area contributed by atoms with Crippen LogP contribution >= 0.6 is 11.6 Å². The van der Waals surface area contributed by atoms with Crippen LogP contribution in [0.4, 0.5) is 4.39 Å². The lowest BCUT2D eigenvalue weighted by Gasteiger charge is -2.20. The summed E-state index contributed by atoms with van der Waals surface area (Å²) in [7, 11) is 0. The van der Waals surface area contributed by atoms with Crippen molar-refractivity contribution >= 4 is 23.4 Å². The van der Waals surface area contributed by atoms with Crippen molar-refractivity contribution in [2.75, 3.05) is 13.1 Å². The summed E-state index contributed by atoms with van der Waals surface area (Å²) < 4.78 is 14.6. The molecule has 2 amide bonds. The number of hydrogen-bond acceptors (Lipinski definition) is 3. The number of halogens is 2. The minimum atomic E-state index is -0.346. The molecule has 0 saturated heterocycles. The fraction of sp³-hybridized carbons (Fsp3) is 0.261. The maximum absolute atomic E-state index is 13.1. The van der Waals surface area contributed by atoms with Crippen molar-refractivity contribution in [1.82, 2.24) is 20.0 Å². The predicted molar refractivity (Wildman–Crippen MR) is 117 cm³/mol. The van der Waals surface area contributed by atoms with Gasteiger partial charge in [-0.05, 0) is 37.1 Å². The Balaban J connectivity index is 1.67. The van der Waals surface area contributed by atoms with Crippen LogP contribution in [0.2, 0.25) is 5.15 Å². The van der Waals surface area contributed by atoms with Crippen LogP contribution in [-0.2, 0) is 17.9 Å². The van der Waals surface area contributed by atoms with Crippen molar-refractivity contribution in [3.05, 3.63) is 88.0 Å². The average molecular weight is 443 g/mol. The van der Waals surface area contributed by atoms with Crippen molar-refractivity contribution < 1.29 is 14.0 Å². The van der Waals surface area contributed by atoms with E-state index in [0.717, 1.165) is 11.1 Å². The summed E-state index contributed by atoms with van der Waals surface area (Å²) in [5.41, 5.74) is 2.59. The van der Waals surface area contributed by atoms with Gasteiger partial charge in [-0.25, -0.2) is 9.07 Å². The van der Waals surface area contributed by atoms with Gasteiger partial charge < -0.3 is 10.2 Å². The Kier molecular flexibility index (Phi) is 7.41. The molecule has 3 rings (SSSR count). The zero-order chi connectivity index (χ0) is 22.4. The zero-order valence-electron chi connectivity index (χ0n) is 17.4. The highest BCUT2D eigenvalue weighted by Crippen LogP contribution is 2.22. The molecular formula is C23H24ClFN4O2. The molecular weight excluding hydrogens is 419 g/mol. The maximum atomic E-state index is 13.1. The highest BCUT2D eigenvalue weighted by atomic mass is 35.5. The molecule has 0 atom stereocenters. The molecule has 162 valence electrons. The summed E-state index contributed by atoms with van der Waals surface area (Å²) >= 11 is 6.49. The minimum absolute atomic E-state index is 0.115. The molecule has 0 fully saturated rings. The first-order chi connectivity index (χ1) is 14.9. The first-order valence-corrected chi connectivity index (χ1v) is 10.3. The molecule has 2 aromatic carbocycles. The number of carbonyl (C=O) groups is 2. The van der Waals surface area contributed by atoms with Gasteiger partial charge in [0.2, 0.25) is 5.91 Å². The van der Waals surface area contributed by atoms with E-state index in [4.69, 9.17) is 11.6 Å². The number of carbonyl (C=O) groups excluding carboxylic acids is 2. The third kappa shape index (κ3) is 5.70. The predicted octanol–water partition coefficient (Wildman–Crippen LogP) is 3.81. The van der Waals surface area contributed by atoms with E-state index in [1.165, 1.54) is 17.0 Å². The van der Waals surface area contributed by atoms with E-state index < -0.39 is 0 Å². The Morgan fingerprint density at radius 3 is 2.42 bits per heavy atom. The van der Waals surface area contributed by atoms with Crippen molar-refractivity contribution in [2.24, 2.45) is 0 Å². The van der Waals surface area contributed by atoms with Gasteiger partial charge in [-0.2, -0.15) is 5.10 Å². The molecule has 1 aromatic heterocycles. The molecule has 1 heterocycles. The van der Waals surface area contributed by atoms with Gasteiger partial charge in [0.25, 0.3) is 5.91 Å². The van der Waals surface area contributed by atoms with Crippen molar-refractivity contribution in [2.45, 2.75) is 26.9 Å². The molecule has 0 bridgehead atoms. The van der Waals surface area contributed by atoms with Gasteiger partial charge in [-0.3, -0.25) is 9.59 Å². The molecule has 0 radical (unpaired) electrons. The van der Waals surface area contributed by atoms with Gasteiger partial charge in [0, 0.05) is 13.1 Å². The highest BCUT2D eigenvalue weighted by Gasteiger charge is 2.25. The fourth-order valence-corrected chi connectivity index (χ4v) is 3.49. The van der Waals surface area contributed by atoms with Gasteiger partial charge in [-0.1, -0.05) is 54.1 Å². The molecule has 0 aliphatic rings. The largest absolute Gasteiger partial charge is 0.350 e. The molecule has 8 heteroatoms. The molecule has 0 aliphatic heterocycles. The Hall–Kier alpha value is -3.19. The number of hydrogen-bond donors (Lipinski definition) is 1. The van der Waals surface area contributed by atoms with E-state index in [9.17, 15) is 14.0 Å². The second kappa shape index (κ2) is 10.2. The Labute approximate surface area is 185 Å². The third-order valence-corrected chi connectivity index (χ3v) is 5.24. The molecule has 0 unspecified atom stereocenters. The minimum Gasteiger partial charge on any atom is -0.350 e. The van der Waals surface area contributed by atoms with E-state index in [1.807, 2.05) is 30.3 Å². The first-order valence-electron chi connectivity index (χ1n) is 9.96. The molecule has 0 saturated carbocycles. The van der Waals surface area contributed by atoms with E-state index in [2.05, 4.69) is 10.4 Å². The average Bonchev–Trinajstić information content (AvgIpc) is 3.04. The summed E-state index contributed by atoms with van der Waals surface area (Å²) in [6.07, 6.45) is 0. The quantitative estimate of drug-likeness (QED) is 0.576. The van der Waals surface area contributed by atoms with Crippen LogP contribution in [0, 0.1) is 12.7 Å². The van der Waals surface area contributed by atoms with Crippen molar-refractivity contribution in [3.63, 3.8) is 0 Å². The molecule has 31 heavy (non-hydrogen) atoms. The van der Waals surface area contributed by atoms with Crippen LogP contribution in [0.25, 0.3) is 0 Å². The molecule has 3 aromatic rings. The monoisotopic (exact) mass is 442 g/mol. The topological polar surface area (TPSA) is 67.2 Å². The first kappa shape index (κ1) is 22.5. The van der Waals surface area contributed by atoms with E-state index in [1.54, 1.807) is 30.7 Å².